The van der Waals surface area contributed by atoms with Gasteiger partial charge in [-0.1, -0.05) is 45.4 Å². The molecule has 0 fully saturated rings. The Morgan fingerprint density at radius 1 is 1.32 bits per heavy atom. The van der Waals surface area contributed by atoms with Crippen LogP contribution in [-0.2, 0) is 6.42 Å². The quantitative estimate of drug-likeness (QED) is 0.748. The van der Waals surface area contributed by atoms with E-state index >= 15 is 0 Å². The first-order chi connectivity index (χ1) is 8.84. The van der Waals surface area contributed by atoms with E-state index in [-0.39, 0.29) is 16.3 Å². The highest BCUT2D eigenvalue weighted by molar-refractivity contribution is 6.30. The summed E-state index contributed by atoms with van der Waals surface area (Å²) in [4.78, 5) is 0. The van der Waals surface area contributed by atoms with Crippen LogP contribution in [0, 0.1) is 17.2 Å². The van der Waals surface area contributed by atoms with Gasteiger partial charge in [-0.05, 0) is 55.0 Å². The van der Waals surface area contributed by atoms with E-state index in [1.165, 1.54) is 6.07 Å². The third-order valence-corrected chi connectivity index (χ3v) is 3.80. The zero-order chi connectivity index (χ0) is 14.5. The number of hydrogen-bond donors (Lipinski definition) is 1. The fourth-order valence-electron chi connectivity index (χ4n) is 2.09. The summed E-state index contributed by atoms with van der Waals surface area (Å²) in [7, 11) is 0. The second-order valence-electron chi connectivity index (χ2n) is 6.22. The first kappa shape index (κ1) is 16.5. The predicted octanol–water partition coefficient (Wildman–Crippen LogP) is 4.68. The van der Waals surface area contributed by atoms with Crippen molar-refractivity contribution in [1.29, 1.82) is 0 Å². The highest BCUT2D eigenvalue weighted by atomic mass is 35.5. The van der Waals surface area contributed by atoms with Crippen molar-refractivity contribution in [3.05, 3.63) is 34.6 Å². The second kappa shape index (κ2) is 7.25. The van der Waals surface area contributed by atoms with Crippen molar-refractivity contribution in [2.24, 2.45) is 11.3 Å². The Bertz CT molecular complexity index is 398. The summed E-state index contributed by atoms with van der Waals surface area (Å²) in [6, 6.07) is 5.03. The Hall–Kier alpha value is -0.600. The van der Waals surface area contributed by atoms with Crippen LogP contribution in [0.3, 0.4) is 0 Å². The lowest BCUT2D eigenvalue weighted by Gasteiger charge is -2.31. The van der Waals surface area contributed by atoms with Gasteiger partial charge < -0.3 is 5.32 Å². The third-order valence-electron chi connectivity index (χ3n) is 3.51. The van der Waals surface area contributed by atoms with Crippen LogP contribution in [-0.4, -0.2) is 13.1 Å². The number of nitrogens with one attached hydrogen (secondary N) is 1. The molecule has 1 aromatic carbocycles. The molecule has 19 heavy (non-hydrogen) atoms. The number of benzene rings is 1. The summed E-state index contributed by atoms with van der Waals surface area (Å²) in [6.07, 6.45) is 2.06. The lowest BCUT2D eigenvalue weighted by molar-refractivity contribution is 0.231. The summed E-state index contributed by atoms with van der Waals surface area (Å²) in [6.45, 7) is 10.9. The zero-order valence-electron chi connectivity index (χ0n) is 12.4. The molecule has 0 aromatic heterocycles. The van der Waals surface area contributed by atoms with Crippen LogP contribution in [0.2, 0.25) is 5.02 Å². The molecule has 1 aromatic rings. The topological polar surface area (TPSA) is 12.0 Å². The van der Waals surface area contributed by atoms with Crippen molar-refractivity contribution in [1.82, 2.24) is 5.32 Å². The lowest BCUT2D eigenvalue weighted by atomic mass is 9.77. The van der Waals surface area contributed by atoms with Crippen molar-refractivity contribution in [2.45, 2.75) is 40.5 Å². The third kappa shape index (κ3) is 5.50. The number of hydrogen-bond acceptors (Lipinski definition) is 1. The van der Waals surface area contributed by atoms with Crippen LogP contribution in [0.1, 0.15) is 39.7 Å². The molecule has 0 heterocycles. The van der Waals surface area contributed by atoms with Gasteiger partial charge in [-0.3, -0.25) is 0 Å². The van der Waals surface area contributed by atoms with Crippen LogP contribution in [0.15, 0.2) is 18.2 Å². The standard InChI is InChI=1S/C16H25ClFN/c1-5-8-19-11-13(16(2,3)4)9-12-6-7-15(18)14(17)10-12/h6-7,10,13,19H,5,8-9,11H2,1-4H3. The van der Waals surface area contributed by atoms with Crippen molar-refractivity contribution < 1.29 is 4.39 Å². The number of rotatable bonds is 6. The molecule has 1 N–H and O–H groups in total. The smallest absolute Gasteiger partial charge is 0.141 e. The van der Waals surface area contributed by atoms with E-state index in [0.717, 1.165) is 31.5 Å². The average Bonchev–Trinajstić information content (AvgIpc) is 2.31. The van der Waals surface area contributed by atoms with Gasteiger partial charge in [-0.2, -0.15) is 0 Å². The molecule has 0 spiro atoms. The van der Waals surface area contributed by atoms with Gasteiger partial charge in [0.15, 0.2) is 0 Å². The minimum Gasteiger partial charge on any atom is -0.316 e. The van der Waals surface area contributed by atoms with E-state index in [0.29, 0.717) is 5.92 Å². The summed E-state index contributed by atoms with van der Waals surface area (Å²) in [5, 5.41) is 3.70. The van der Waals surface area contributed by atoms with Crippen LogP contribution < -0.4 is 5.32 Å². The van der Waals surface area contributed by atoms with Crippen molar-refractivity contribution in [3.8, 4) is 0 Å². The molecule has 3 heteroatoms. The molecule has 0 aliphatic rings. The molecular formula is C16H25ClFN. The predicted molar refractivity (Wildman–Crippen MR) is 81.2 cm³/mol. The SMILES string of the molecule is CCCNCC(Cc1ccc(F)c(Cl)c1)C(C)(C)C. The van der Waals surface area contributed by atoms with Crippen molar-refractivity contribution >= 4 is 11.6 Å². The maximum atomic E-state index is 13.2. The summed E-state index contributed by atoms with van der Waals surface area (Å²) >= 11 is 5.85. The minimum absolute atomic E-state index is 0.210. The molecule has 108 valence electrons. The molecule has 1 unspecified atom stereocenters. The van der Waals surface area contributed by atoms with Crippen LogP contribution >= 0.6 is 11.6 Å². The molecule has 0 radical (unpaired) electrons. The molecule has 1 rings (SSSR count). The Morgan fingerprint density at radius 3 is 2.53 bits per heavy atom. The molecule has 0 saturated heterocycles. The molecule has 1 atom stereocenters. The van der Waals surface area contributed by atoms with Gasteiger partial charge in [0.25, 0.3) is 0 Å². The van der Waals surface area contributed by atoms with Gasteiger partial charge in [0, 0.05) is 0 Å². The van der Waals surface area contributed by atoms with Crippen LogP contribution in [0.25, 0.3) is 0 Å². The Balaban J connectivity index is 2.73. The van der Waals surface area contributed by atoms with Gasteiger partial charge in [-0.15, -0.1) is 0 Å². The number of halogens is 2. The maximum Gasteiger partial charge on any atom is 0.141 e. The molecule has 1 nitrogen and oxygen atoms in total. The lowest BCUT2D eigenvalue weighted by Crippen LogP contribution is -2.33. The zero-order valence-corrected chi connectivity index (χ0v) is 13.1. The highest BCUT2D eigenvalue weighted by Gasteiger charge is 2.24. The Kier molecular flexibility index (Phi) is 6.28. The summed E-state index contributed by atoms with van der Waals surface area (Å²) < 4.78 is 13.2. The van der Waals surface area contributed by atoms with Gasteiger partial charge in [0.05, 0.1) is 5.02 Å². The van der Waals surface area contributed by atoms with Gasteiger partial charge >= 0.3 is 0 Å². The monoisotopic (exact) mass is 285 g/mol. The fraction of sp³-hybridized carbons (Fsp3) is 0.625. The average molecular weight is 286 g/mol. The largest absolute Gasteiger partial charge is 0.316 e. The normalized spacial score (nSPS) is 13.6. The molecule has 0 bridgehead atoms. The van der Waals surface area contributed by atoms with Crippen molar-refractivity contribution in [3.63, 3.8) is 0 Å². The van der Waals surface area contributed by atoms with Crippen LogP contribution in [0.5, 0.6) is 0 Å². The first-order valence-electron chi connectivity index (χ1n) is 6.99. The highest BCUT2D eigenvalue weighted by Crippen LogP contribution is 2.29. The molecular weight excluding hydrogens is 261 g/mol. The van der Waals surface area contributed by atoms with Crippen molar-refractivity contribution in [2.75, 3.05) is 13.1 Å². The molecule has 0 saturated carbocycles. The molecule has 0 aliphatic carbocycles. The fourth-order valence-corrected chi connectivity index (χ4v) is 2.29. The molecule has 0 aliphatic heterocycles. The van der Waals surface area contributed by atoms with E-state index in [4.69, 9.17) is 11.6 Å². The van der Waals surface area contributed by atoms with Gasteiger partial charge in [0.2, 0.25) is 0 Å². The van der Waals surface area contributed by atoms with Gasteiger partial charge in [-0.25, -0.2) is 4.39 Å². The molecule has 0 amide bonds. The summed E-state index contributed by atoms with van der Waals surface area (Å²) in [5.41, 5.74) is 1.31. The Morgan fingerprint density at radius 2 is 2.00 bits per heavy atom. The van der Waals surface area contributed by atoms with Crippen LogP contribution in [0.4, 0.5) is 4.39 Å². The second-order valence-corrected chi connectivity index (χ2v) is 6.63. The summed E-state index contributed by atoms with van der Waals surface area (Å²) in [5.74, 6) is 0.155. The minimum atomic E-state index is -0.346. The maximum absolute atomic E-state index is 13.2. The van der Waals surface area contributed by atoms with E-state index in [2.05, 4.69) is 33.0 Å². The van der Waals surface area contributed by atoms with E-state index in [1.54, 1.807) is 6.07 Å². The van der Waals surface area contributed by atoms with E-state index < -0.39 is 0 Å². The Labute approximate surface area is 121 Å². The van der Waals surface area contributed by atoms with Gasteiger partial charge in [0.1, 0.15) is 5.82 Å². The van der Waals surface area contributed by atoms with E-state index in [9.17, 15) is 4.39 Å². The first-order valence-corrected chi connectivity index (χ1v) is 7.37. The van der Waals surface area contributed by atoms with E-state index in [1.807, 2.05) is 6.07 Å².